The molecule has 0 atom stereocenters. The van der Waals surface area contributed by atoms with E-state index in [1.807, 2.05) is 6.92 Å². The van der Waals surface area contributed by atoms with Crippen LogP contribution in [0.5, 0.6) is 0 Å². The molecular weight excluding hydrogens is 315 g/mol. The van der Waals surface area contributed by atoms with E-state index < -0.39 is 4.92 Å². The lowest BCUT2D eigenvalue weighted by Gasteiger charge is -2.09. The molecule has 2 rings (SSSR count). The number of halogens is 2. The van der Waals surface area contributed by atoms with E-state index in [0.717, 1.165) is 0 Å². The number of hydrogen-bond donors (Lipinski definition) is 2. The molecule has 0 fully saturated rings. The molecule has 0 saturated heterocycles. The molecule has 110 valence electrons. The van der Waals surface area contributed by atoms with Gasteiger partial charge in [0.1, 0.15) is 5.82 Å². The summed E-state index contributed by atoms with van der Waals surface area (Å²) in [5.74, 6) is 0.663. The van der Waals surface area contributed by atoms with Crippen LogP contribution in [0.1, 0.15) is 6.92 Å². The second-order valence-electron chi connectivity index (χ2n) is 4.13. The molecule has 0 aliphatic carbocycles. The van der Waals surface area contributed by atoms with Crippen molar-refractivity contribution in [3.8, 4) is 0 Å². The fourth-order valence-corrected chi connectivity index (χ4v) is 2.26. The van der Waals surface area contributed by atoms with Crippen LogP contribution in [0.15, 0.2) is 30.3 Å². The van der Waals surface area contributed by atoms with Crippen LogP contribution in [0.2, 0.25) is 10.0 Å². The Labute approximate surface area is 131 Å². The highest BCUT2D eigenvalue weighted by Gasteiger charge is 2.16. The van der Waals surface area contributed by atoms with Crippen molar-refractivity contribution < 1.29 is 4.92 Å². The van der Waals surface area contributed by atoms with Gasteiger partial charge in [0, 0.05) is 28.3 Å². The molecular formula is C13H12Cl2N4O2. The third-order valence-corrected chi connectivity index (χ3v) is 2.99. The first kappa shape index (κ1) is 15.3. The SMILES string of the molecule is CCNc1ccc([N+](=O)[O-])c(Nc2cc(Cl)cc(Cl)c2)n1. The van der Waals surface area contributed by atoms with Crippen LogP contribution in [0.3, 0.4) is 0 Å². The summed E-state index contributed by atoms with van der Waals surface area (Å²) in [6.45, 7) is 2.57. The van der Waals surface area contributed by atoms with Gasteiger partial charge in [0.25, 0.3) is 0 Å². The molecule has 0 saturated carbocycles. The molecule has 2 N–H and O–H groups in total. The Morgan fingerprint density at radius 2 is 1.90 bits per heavy atom. The average Bonchev–Trinajstić information content (AvgIpc) is 2.37. The number of hydrogen-bond acceptors (Lipinski definition) is 5. The summed E-state index contributed by atoms with van der Waals surface area (Å²) in [5.41, 5.74) is 0.393. The number of pyridine rings is 1. The van der Waals surface area contributed by atoms with E-state index in [1.54, 1.807) is 24.3 Å². The number of aromatic nitrogens is 1. The van der Waals surface area contributed by atoms with Gasteiger partial charge in [-0.2, -0.15) is 0 Å². The highest BCUT2D eigenvalue weighted by Crippen LogP contribution is 2.30. The minimum absolute atomic E-state index is 0.122. The molecule has 0 spiro atoms. The first-order valence-electron chi connectivity index (χ1n) is 6.12. The van der Waals surface area contributed by atoms with Crippen molar-refractivity contribution in [2.24, 2.45) is 0 Å². The molecule has 0 aliphatic rings. The summed E-state index contributed by atoms with van der Waals surface area (Å²) in [4.78, 5) is 14.8. The fraction of sp³-hybridized carbons (Fsp3) is 0.154. The number of nitro groups is 1. The minimum Gasteiger partial charge on any atom is -0.370 e. The summed E-state index contributed by atoms with van der Waals surface area (Å²) in [6.07, 6.45) is 0. The molecule has 6 nitrogen and oxygen atoms in total. The van der Waals surface area contributed by atoms with E-state index in [4.69, 9.17) is 23.2 Å². The summed E-state index contributed by atoms with van der Waals surface area (Å²) in [5, 5.41) is 17.8. The van der Waals surface area contributed by atoms with Crippen molar-refractivity contribution in [3.63, 3.8) is 0 Å². The van der Waals surface area contributed by atoms with E-state index in [0.29, 0.717) is 28.1 Å². The van der Waals surface area contributed by atoms with Crippen molar-refractivity contribution >= 4 is 46.2 Å². The van der Waals surface area contributed by atoms with Gasteiger partial charge in [0.2, 0.25) is 5.82 Å². The van der Waals surface area contributed by atoms with Crippen LogP contribution in [0.25, 0.3) is 0 Å². The number of benzene rings is 1. The topological polar surface area (TPSA) is 80.1 Å². The molecule has 1 heterocycles. The lowest BCUT2D eigenvalue weighted by atomic mass is 10.3. The predicted octanol–water partition coefficient (Wildman–Crippen LogP) is 4.47. The summed E-state index contributed by atoms with van der Waals surface area (Å²) in [6, 6.07) is 7.74. The number of nitrogens with zero attached hydrogens (tertiary/aromatic N) is 2. The summed E-state index contributed by atoms with van der Waals surface area (Å²) in [7, 11) is 0. The molecule has 1 aromatic carbocycles. The molecule has 2 aromatic rings. The molecule has 0 unspecified atom stereocenters. The van der Waals surface area contributed by atoms with E-state index in [1.165, 1.54) is 6.07 Å². The Morgan fingerprint density at radius 1 is 1.24 bits per heavy atom. The number of anilines is 3. The largest absolute Gasteiger partial charge is 0.370 e. The second kappa shape index (κ2) is 6.60. The predicted molar refractivity (Wildman–Crippen MR) is 84.8 cm³/mol. The smallest absolute Gasteiger partial charge is 0.311 e. The maximum Gasteiger partial charge on any atom is 0.311 e. The Balaban J connectivity index is 2.40. The van der Waals surface area contributed by atoms with Crippen LogP contribution >= 0.6 is 23.2 Å². The molecule has 8 heteroatoms. The lowest BCUT2D eigenvalue weighted by molar-refractivity contribution is -0.384. The Bertz CT molecular complexity index is 659. The van der Waals surface area contributed by atoms with Crippen LogP contribution < -0.4 is 10.6 Å². The molecule has 21 heavy (non-hydrogen) atoms. The normalized spacial score (nSPS) is 10.2. The first-order valence-corrected chi connectivity index (χ1v) is 6.87. The van der Waals surface area contributed by atoms with Gasteiger partial charge in [-0.1, -0.05) is 23.2 Å². The molecule has 1 aromatic heterocycles. The Kier molecular flexibility index (Phi) is 4.82. The van der Waals surface area contributed by atoms with Gasteiger partial charge in [-0.15, -0.1) is 0 Å². The van der Waals surface area contributed by atoms with Crippen molar-refractivity contribution in [3.05, 3.63) is 50.5 Å². The quantitative estimate of drug-likeness (QED) is 0.625. The maximum atomic E-state index is 11.1. The van der Waals surface area contributed by atoms with Crippen molar-refractivity contribution in [2.75, 3.05) is 17.2 Å². The monoisotopic (exact) mass is 326 g/mol. The third kappa shape index (κ3) is 3.96. The summed E-state index contributed by atoms with van der Waals surface area (Å²) >= 11 is 11.8. The van der Waals surface area contributed by atoms with Crippen LogP contribution in [0, 0.1) is 10.1 Å². The zero-order valence-corrected chi connectivity index (χ0v) is 12.6. The minimum atomic E-state index is -0.503. The maximum absolute atomic E-state index is 11.1. The lowest BCUT2D eigenvalue weighted by Crippen LogP contribution is -2.04. The Hall–Kier alpha value is -2.05. The van der Waals surface area contributed by atoms with Crippen molar-refractivity contribution in [1.82, 2.24) is 4.98 Å². The molecule has 0 aliphatic heterocycles. The standard InChI is InChI=1S/C13H12Cl2N4O2/c1-2-16-12-4-3-11(19(20)21)13(18-12)17-10-6-8(14)5-9(15)7-10/h3-7H,2H2,1H3,(H2,16,17,18). The van der Waals surface area contributed by atoms with Gasteiger partial charge in [-0.25, -0.2) is 4.98 Å². The molecule has 0 radical (unpaired) electrons. The highest BCUT2D eigenvalue weighted by atomic mass is 35.5. The van der Waals surface area contributed by atoms with Crippen molar-refractivity contribution in [1.29, 1.82) is 0 Å². The molecule has 0 amide bonds. The van der Waals surface area contributed by atoms with Crippen LogP contribution in [0.4, 0.5) is 23.0 Å². The van der Waals surface area contributed by atoms with Gasteiger partial charge < -0.3 is 10.6 Å². The number of rotatable bonds is 5. The first-order chi connectivity index (χ1) is 9.99. The van der Waals surface area contributed by atoms with Crippen LogP contribution in [-0.2, 0) is 0 Å². The second-order valence-corrected chi connectivity index (χ2v) is 5.01. The van der Waals surface area contributed by atoms with Gasteiger partial charge in [0.05, 0.1) is 4.92 Å². The van der Waals surface area contributed by atoms with Gasteiger partial charge in [0.15, 0.2) is 0 Å². The number of nitrogens with one attached hydrogen (secondary N) is 2. The fourth-order valence-electron chi connectivity index (χ4n) is 1.73. The Morgan fingerprint density at radius 3 is 2.48 bits per heavy atom. The van der Waals surface area contributed by atoms with Gasteiger partial charge in [-0.05, 0) is 31.2 Å². The summed E-state index contributed by atoms with van der Waals surface area (Å²) < 4.78 is 0. The third-order valence-electron chi connectivity index (χ3n) is 2.55. The van der Waals surface area contributed by atoms with E-state index in [-0.39, 0.29) is 11.5 Å². The zero-order valence-electron chi connectivity index (χ0n) is 11.1. The van der Waals surface area contributed by atoms with Crippen molar-refractivity contribution in [2.45, 2.75) is 6.92 Å². The van der Waals surface area contributed by atoms with E-state index >= 15 is 0 Å². The highest BCUT2D eigenvalue weighted by molar-refractivity contribution is 6.35. The van der Waals surface area contributed by atoms with E-state index in [2.05, 4.69) is 15.6 Å². The molecule has 0 bridgehead atoms. The van der Waals surface area contributed by atoms with Gasteiger partial charge >= 0.3 is 5.69 Å². The van der Waals surface area contributed by atoms with E-state index in [9.17, 15) is 10.1 Å². The zero-order chi connectivity index (χ0) is 15.4. The van der Waals surface area contributed by atoms with Gasteiger partial charge in [-0.3, -0.25) is 10.1 Å². The van der Waals surface area contributed by atoms with Crippen LogP contribution in [-0.4, -0.2) is 16.5 Å². The average molecular weight is 327 g/mol.